The van der Waals surface area contributed by atoms with E-state index in [0.717, 1.165) is 11.3 Å². The molecule has 20 heavy (non-hydrogen) atoms. The molecule has 0 spiro atoms. The lowest BCUT2D eigenvalue weighted by molar-refractivity contribution is 0.470. The molecule has 0 N–H and O–H groups in total. The number of aromatic nitrogens is 3. The smallest absolute Gasteiger partial charge is 0.355 e. The molecule has 0 saturated heterocycles. The van der Waals surface area contributed by atoms with Crippen LogP contribution in [0.5, 0.6) is 5.88 Å². The molecule has 0 aliphatic rings. The quantitative estimate of drug-likeness (QED) is 0.791. The first kappa shape index (κ1) is 14.4. The largest absolute Gasteiger partial charge is 0.368 e. The average Bonchev–Trinajstić information content (AvgIpc) is 2.90. The van der Waals surface area contributed by atoms with Gasteiger partial charge in [0.25, 0.3) is 5.88 Å². The zero-order chi connectivity index (χ0) is 14.8. The molecule has 9 heteroatoms. The second kappa shape index (κ2) is 5.52. The zero-order valence-corrected chi connectivity index (χ0v) is 12.3. The van der Waals surface area contributed by atoms with Gasteiger partial charge in [0.2, 0.25) is 4.34 Å². The summed E-state index contributed by atoms with van der Waals surface area (Å²) in [6, 6.07) is 4.36. The van der Waals surface area contributed by atoms with E-state index in [1.807, 2.05) is 13.8 Å². The molecule has 0 aromatic carbocycles. The van der Waals surface area contributed by atoms with E-state index in [1.165, 1.54) is 12.1 Å². The van der Waals surface area contributed by atoms with Crippen LogP contribution in [-0.4, -0.2) is 23.6 Å². The standard InChI is InChI=1S/C11H10N4O3S2/c1-7(2)9-6-19-11(13-9)20(16,17)18-10-4-3-8(5-12)14-15-10/h3-4,6-7H,1-2H3. The number of rotatable bonds is 4. The van der Waals surface area contributed by atoms with Crippen molar-refractivity contribution in [3.63, 3.8) is 0 Å². The Labute approximate surface area is 120 Å². The topological polar surface area (TPSA) is 106 Å². The molecule has 0 amide bonds. The van der Waals surface area contributed by atoms with Gasteiger partial charge in [-0.2, -0.15) is 13.7 Å². The van der Waals surface area contributed by atoms with Crippen molar-refractivity contribution in [2.75, 3.05) is 0 Å². The van der Waals surface area contributed by atoms with Crippen molar-refractivity contribution in [3.05, 3.63) is 28.9 Å². The third-order valence-corrected chi connectivity index (χ3v) is 4.72. The number of hydrogen-bond donors (Lipinski definition) is 0. The summed E-state index contributed by atoms with van der Waals surface area (Å²) >= 11 is 0.987. The summed E-state index contributed by atoms with van der Waals surface area (Å²) in [5.74, 6) is -0.0739. The van der Waals surface area contributed by atoms with Gasteiger partial charge in [0.1, 0.15) is 6.07 Å². The van der Waals surface area contributed by atoms with Crippen molar-refractivity contribution < 1.29 is 12.6 Å². The van der Waals surface area contributed by atoms with Crippen LogP contribution in [-0.2, 0) is 10.1 Å². The lowest BCUT2D eigenvalue weighted by Crippen LogP contribution is -2.11. The number of hydrogen-bond acceptors (Lipinski definition) is 8. The Morgan fingerprint density at radius 1 is 1.35 bits per heavy atom. The summed E-state index contributed by atoms with van der Waals surface area (Å²) in [5.41, 5.74) is 0.758. The minimum Gasteiger partial charge on any atom is -0.355 e. The predicted octanol–water partition coefficient (Wildman–Crippen LogP) is 1.70. The molecule has 0 aliphatic heterocycles. The van der Waals surface area contributed by atoms with Crippen LogP contribution in [0.15, 0.2) is 21.9 Å². The van der Waals surface area contributed by atoms with Crippen molar-refractivity contribution in [3.8, 4) is 11.9 Å². The molecule has 0 atom stereocenters. The van der Waals surface area contributed by atoms with Gasteiger partial charge in [0.05, 0.1) is 5.69 Å². The van der Waals surface area contributed by atoms with E-state index in [0.29, 0.717) is 5.69 Å². The van der Waals surface area contributed by atoms with Crippen LogP contribution in [0, 0.1) is 11.3 Å². The number of nitrogens with zero attached hydrogens (tertiary/aromatic N) is 4. The van der Waals surface area contributed by atoms with Crippen molar-refractivity contribution >= 4 is 21.5 Å². The molecule has 0 bridgehead atoms. The number of thiazole rings is 1. The fourth-order valence-corrected chi connectivity index (χ4v) is 3.25. The summed E-state index contributed by atoms with van der Waals surface area (Å²) in [4.78, 5) is 4.02. The van der Waals surface area contributed by atoms with E-state index >= 15 is 0 Å². The highest BCUT2D eigenvalue weighted by atomic mass is 32.3. The second-order valence-corrected chi connectivity index (χ2v) is 6.68. The van der Waals surface area contributed by atoms with Crippen LogP contribution >= 0.6 is 11.3 Å². The zero-order valence-electron chi connectivity index (χ0n) is 10.6. The fraction of sp³-hybridized carbons (Fsp3) is 0.273. The molecule has 2 aromatic heterocycles. The van der Waals surface area contributed by atoms with Gasteiger partial charge < -0.3 is 4.18 Å². The Morgan fingerprint density at radius 3 is 2.60 bits per heavy atom. The van der Waals surface area contributed by atoms with Gasteiger partial charge in [0, 0.05) is 11.4 Å². The van der Waals surface area contributed by atoms with Crippen LogP contribution in [0.1, 0.15) is 31.2 Å². The molecule has 0 fully saturated rings. The predicted molar refractivity (Wildman–Crippen MR) is 70.8 cm³/mol. The van der Waals surface area contributed by atoms with Gasteiger partial charge in [-0.25, -0.2) is 4.98 Å². The van der Waals surface area contributed by atoms with Crippen LogP contribution < -0.4 is 4.18 Å². The van der Waals surface area contributed by atoms with E-state index in [1.54, 1.807) is 11.4 Å². The second-order valence-electron chi connectivity index (χ2n) is 4.10. The Morgan fingerprint density at radius 2 is 2.10 bits per heavy atom. The maximum Gasteiger partial charge on any atom is 0.368 e. The summed E-state index contributed by atoms with van der Waals surface area (Å²) in [6.07, 6.45) is 0. The monoisotopic (exact) mass is 310 g/mol. The van der Waals surface area contributed by atoms with Crippen molar-refractivity contribution in [2.45, 2.75) is 24.1 Å². The van der Waals surface area contributed by atoms with Crippen LogP contribution in [0.3, 0.4) is 0 Å². The highest BCUT2D eigenvalue weighted by Crippen LogP contribution is 2.23. The fourth-order valence-electron chi connectivity index (χ4n) is 1.22. The lowest BCUT2D eigenvalue weighted by atomic mass is 10.2. The van der Waals surface area contributed by atoms with Crippen LogP contribution in [0.4, 0.5) is 0 Å². The van der Waals surface area contributed by atoms with E-state index < -0.39 is 10.1 Å². The van der Waals surface area contributed by atoms with Gasteiger partial charge in [-0.3, -0.25) is 0 Å². The third-order valence-electron chi connectivity index (χ3n) is 2.26. The summed E-state index contributed by atoms with van der Waals surface area (Å²) < 4.78 is 28.7. The molecule has 0 saturated carbocycles. The van der Waals surface area contributed by atoms with Gasteiger partial charge >= 0.3 is 10.1 Å². The van der Waals surface area contributed by atoms with E-state index in [4.69, 9.17) is 9.44 Å². The van der Waals surface area contributed by atoms with Crippen molar-refractivity contribution in [1.82, 2.24) is 15.2 Å². The minimum absolute atomic E-state index is 0.0751. The van der Waals surface area contributed by atoms with E-state index in [2.05, 4.69) is 15.2 Å². The highest BCUT2D eigenvalue weighted by Gasteiger charge is 2.22. The Bertz CT molecular complexity index is 745. The SMILES string of the molecule is CC(C)c1csc(S(=O)(=O)Oc2ccc(C#N)nn2)n1. The van der Waals surface area contributed by atoms with Crippen molar-refractivity contribution in [1.29, 1.82) is 5.26 Å². The molecular weight excluding hydrogens is 300 g/mol. The van der Waals surface area contributed by atoms with Gasteiger partial charge in [-0.15, -0.1) is 21.5 Å². The number of nitriles is 1. The van der Waals surface area contributed by atoms with Gasteiger partial charge in [-0.1, -0.05) is 13.8 Å². The Kier molecular flexibility index (Phi) is 3.96. The Balaban J connectivity index is 2.23. The van der Waals surface area contributed by atoms with Crippen LogP contribution in [0.2, 0.25) is 0 Å². The maximum atomic E-state index is 12.0. The molecule has 7 nitrogen and oxygen atoms in total. The van der Waals surface area contributed by atoms with Crippen molar-refractivity contribution in [2.24, 2.45) is 0 Å². The molecule has 0 aliphatic carbocycles. The Hall–Kier alpha value is -2.05. The molecule has 2 rings (SSSR count). The first-order valence-electron chi connectivity index (χ1n) is 5.56. The molecule has 0 radical (unpaired) electrons. The van der Waals surface area contributed by atoms with E-state index in [9.17, 15) is 8.42 Å². The summed E-state index contributed by atoms with van der Waals surface area (Å²) in [7, 11) is -4.02. The summed E-state index contributed by atoms with van der Waals surface area (Å²) in [6.45, 7) is 3.83. The first-order valence-corrected chi connectivity index (χ1v) is 7.85. The molecule has 0 unspecified atom stereocenters. The average molecular weight is 310 g/mol. The third kappa shape index (κ3) is 3.09. The molecule has 104 valence electrons. The van der Waals surface area contributed by atoms with E-state index in [-0.39, 0.29) is 21.8 Å². The van der Waals surface area contributed by atoms with Crippen LogP contribution in [0.25, 0.3) is 0 Å². The van der Waals surface area contributed by atoms with Gasteiger partial charge in [-0.05, 0) is 12.0 Å². The van der Waals surface area contributed by atoms with Gasteiger partial charge in [0.15, 0.2) is 5.69 Å². The summed E-state index contributed by atoms with van der Waals surface area (Å²) in [5, 5.41) is 17.2. The highest BCUT2D eigenvalue weighted by molar-refractivity contribution is 7.89. The lowest BCUT2D eigenvalue weighted by Gasteiger charge is -2.02. The molecule has 2 heterocycles. The maximum absolute atomic E-state index is 12.0. The first-order chi connectivity index (χ1) is 9.42. The molecular formula is C11H10N4O3S2. The minimum atomic E-state index is -4.02. The normalized spacial score (nSPS) is 11.3. The molecule has 2 aromatic rings.